The van der Waals surface area contributed by atoms with Crippen LogP contribution in [0.3, 0.4) is 0 Å². The first-order valence-electron chi connectivity index (χ1n) is 14.0. The number of halogens is 2. The van der Waals surface area contributed by atoms with E-state index in [1.54, 1.807) is 0 Å². The number of nitrogens with zero attached hydrogens (tertiary/aromatic N) is 2. The molecule has 2 aliphatic heterocycles. The number of carbonyl (C=O) groups excluding carboxylic acids is 6. The maximum absolute atomic E-state index is 12.4. The Hall–Kier alpha value is -3.88. The van der Waals surface area contributed by atoms with Crippen LogP contribution in [-0.2, 0) is 23.7 Å². The van der Waals surface area contributed by atoms with E-state index in [1.165, 1.54) is 36.4 Å². The minimum Gasteiger partial charge on any atom is -0.460 e. The molecule has 0 aromatic heterocycles. The Morgan fingerprint density at radius 2 is 0.844 bits per heavy atom. The number of imide groups is 2. The third kappa shape index (κ3) is 8.24. The Balaban J connectivity index is 1.01. The number of amides is 4. The summed E-state index contributed by atoms with van der Waals surface area (Å²) in [6, 6.07) is 8.38. The van der Waals surface area contributed by atoms with Crippen molar-refractivity contribution in [3.8, 4) is 0 Å². The second-order valence-electron chi connectivity index (χ2n) is 9.53. The lowest BCUT2D eigenvalue weighted by Gasteiger charge is -2.10. The summed E-state index contributed by atoms with van der Waals surface area (Å²) in [5, 5.41) is 0. The van der Waals surface area contributed by atoms with E-state index in [2.05, 4.69) is 0 Å². The second-order valence-corrected chi connectivity index (χ2v) is 10.3. The van der Waals surface area contributed by atoms with Crippen molar-refractivity contribution in [3.63, 3.8) is 0 Å². The average molecular weight is 665 g/mol. The maximum Gasteiger partial charge on any atom is 0.338 e. The van der Waals surface area contributed by atoms with Gasteiger partial charge in [0.25, 0.3) is 23.6 Å². The molecule has 0 aliphatic carbocycles. The SMILES string of the molecule is O=C(OCCOCCOCCOCCOC(=O)c1ccc2c(c1)C(=O)N(CCCl)C2=O)c1ccc2c(c1)C(=O)N(CCCl)C2=O. The van der Waals surface area contributed by atoms with Gasteiger partial charge in [-0.3, -0.25) is 29.0 Å². The molecule has 0 unspecified atom stereocenters. The number of esters is 2. The first-order valence-corrected chi connectivity index (χ1v) is 15.0. The van der Waals surface area contributed by atoms with Gasteiger partial charge in [-0.15, -0.1) is 23.2 Å². The largest absolute Gasteiger partial charge is 0.460 e. The normalized spacial score (nSPS) is 13.8. The quantitative estimate of drug-likeness (QED) is 0.0998. The van der Waals surface area contributed by atoms with Gasteiger partial charge in [-0.05, 0) is 36.4 Å². The van der Waals surface area contributed by atoms with Crippen molar-refractivity contribution in [1.82, 2.24) is 9.80 Å². The topological polar surface area (TPSA) is 155 Å². The van der Waals surface area contributed by atoms with E-state index >= 15 is 0 Å². The zero-order chi connectivity index (χ0) is 32.3. The lowest BCUT2D eigenvalue weighted by molar-refractivity contribution is -0.00675. The monoisotopic (exact) mass is 664 g/mol. The summed E-state index contributed by atoms with van der Waals surface area (Å²) in [6.45, 7) is 1.43. The van der Waals surface area contributed by atoms with Crippen LogP contribution >= 0.6 is 23.2 Å². The van der Waals surface area contributed by atoms with Gasteiger partial charge in [-0.2, -0.15) is 0 Å². The summed E-state index contributed by atoms with van der Waals surface area (Å²) >= 11 is 11.3. The van der Waals surface area contributed by atoms with Crippen molar-refractivity contribution < 1.29 is 52.5 Å². The highest BCUT2D eigenvalue weighted by Crippen LogP contribution is 2.25. The van der Waals surface area contributed by atoms with Gasteiger partial charge in [-0.1, -0.05) is 0 Å². The average Bonchev–Trinajstić information content (AvgIpc) is 3.42. The molecule has 0 radical (unpaired) electrons. The lowest BCUT2D eigenvalue weighted by Crippen LogP contribution is -2.31. The first-order chi connectivity index (χ1) is 21.8. The van der Waals surface area contributed by atoms with Crippen LogP contribution in [0.4, 0.5) is 0 Å². The second kappa shape index (κ2) is 16.4. The molecule has 0 bridgehead atoms. The fourth-order valence-corrected chi connectivity index (χ4v) is 4.84. The van der Waals surface area contributed by atoms with Crippen molar-refractivity contribution >= 4 is 58.8 Å². The number of rotatable bonds is 18. The van der Waals surface area contributed by atoms with Crippen molar-refractivity contribution in [2.75, 3.05) is 77.7 Å². The third-order valence-corrected chi connectivity index (χ3v) is 7.03. The molecular weight excluding hydrogens is 635 g/mol. The summed E-state index contributed by atoms with van der Waals surface area (Å²) < 4.78 is 26.5. The van der Waals surface area contributed by atoms with Crippen LogP contribution < -0.4 is 0 Å². The van der Waals surface area contributed by atoms with Crippen molar-refractivity contribution in [2.45, 2.75) is 0 Å². The predicted molar refractivity (Wildman–Crippen MR) is 158 cm³/mol. The Labute approximate surface area is 268 Å². The van der Waals surface area contributed by atoms with Crippen LogP contribution in [0.15, 0.2) is 36.4 Å². The van der Waals surface area contributed by atoms with Gasteiger partial charge < -0.3 is 23.7 Å². The smallest absolute Gasteiger partial charge is 0.338 e. The highest BCUT2D eigenvalue weighted by molar-refractivity contribution is 6.24. The number of ether oxygens (including phenoxy) is 5. The van der Waals surface area contributed by atoms with Gasteiger partial charge in [0.15, 0.2) is 0 Å². The molecule has 0 atom stereocenters. The third-order valence-electron chi connectivity index (χ3n) is 6.69. The number of alkyl halides is 2. The fourth-order valence-electron chi connectivity index (χ4n) is 4.51. The molecule has 0 saturated carbocycles. The van der Waals surface area contributed by atoms with Crippen LogP contribution in [0.25, 0.3) is 0 Å². The van der Waals surface area contributed by atoms with Gasteiger partial charge in [0.05, 0.1) is 73.0 Å². The Kier molecular flexibility index (Phi) is 12.4. The molecule has 2 heterocycles. The molecule has 4 rings (SSSR count). The Bertz CT molecular complexity index is 1360. The van der Waals surface area contributed by atoms with E-state index in [0.29, 0.717) is 0 Å². The van der Waals surface area contributed by atoms with E-state index in [9.17, 15) is 28.8 Å². The number of hydrogen-bond acceptors (Lipinski definition) is 11. The first kappa shape index (κ1) is 34.0. The standard InChI is InChI=1S/C30H30Cl2N2O11/c31-5-7-33-25(35)21-3-1-19(17-23(21)27(33)37)29(39)44-15-13-42-11-9-41-10-12-43-14-16-45-30(40)20-2-4-22-24(18-20)28(38)34(8-6-32)26(22)36/h1-4,17-18H,5-16H2. The van der Waals surface area contributed by atoms with E-state index < -0.39 is 35.6 Å². The molecule has 240 valence electrons. The Morgan fingerprint density at radius 3 is 1.20 bits per heavy atom. The maximum atomic E-state index is 12.4. The molecule has 0 N–H and O–H groups in total. The van der Waals surface area contributed by atoms with Crippen LogP contribution in [0.5, 0.6) is 0 Å². The molecule has 2 aromatic carbocycles. The highest BCUT2D eigenvalue weighted by Gasteiger charge is 2.36. The molecule has 0 spiro atoms. The Morgan fingerprint density at radius 1 is 0.511 bits per heavy atom. The summed E-state index contributed by atoms with van der Waals surface area (Å²) in [5.74, 6) is -2.94. The molecule has 0 fully saturated rings. The minimum atomic E-state index is -0.648. The van der Waals surface area contributed by atoms with E-state index in [0.717, 1.165) is 9.80 Å². The predicted octanol–water partition coefficient (Wildman–Crippen LogP) is 2.42. The summed E-state index contributed by atoms with van der Waals surface area (Å²) in [5.41, 5.74) is 1.02. The molecular formula is C30H30Cl2N2O11. The lowest BCUT2D eigenvalue weighted by atomic mass is 10.1. The fraction of sp³-hybridized carbons (Fsp3) is 0.400. The number of carbonyl (C=O) groups is 6. The highest BCUT2D eigenvalue weighted by atomic mass is 35.5. The number of fused-ring (bicyclic) bond motifs is 2. The summed E-state index contributed by atoms with van der Waals surface area (Å²) in [4.78, 5) is 76.1. The van der Waals surface area contributed by atoms with Crippen molar-refractivity contribution in [2.24, 2.45) is 0 Å². The molecule has 15 heteroatoms. The van der Waals surface area contributed by atoms with Gasteiger partial charge in [0, 0.05) is 24.8 Å². The van der Waals surface area contributed by atoms with Crippen LogP contribution in [0.1, 0.15) is 62.1 Å². The van der Waals surface area contributed by atoms with Gasteiger partial charge >= 0.3 is 11.9 Å². The minimum absolute atomic E-state index is 0.0185. The number of hydrogen-bond donors (Lipinski definition) is 0. The van der Waals surface area contributed by atoms with Gasteiger partial charge in [0.2, 0.25) is 0 Å². The van der Waals surface area contributed by atoms with Gasteiger partial charge in [-0.25, -0.2) is 9.59 Å². The molecule has 13 nitrogen and oxygen atoms in total. The van der Waals surface area contributed by atoms with Crippen LogP contribution in [-0.4, -0.2) is 123 Å². The molecule has 4 amide bonds. The van der Waals surface area contributed by atoms with E-state index in [-0.39, 0.29) is 111 Å². The van der Waals surface area contributed by atoms with Crippen molar-refractivity contribution in [3.05, 3.63) is 69.8 Å². The molecule has 2 aliphatic rings. The molecule has 2 aromatic rings. The van der Waals surface area contributed by atoms with E-state index in [4.69, 9.17) is 46.9 Å². The van der Waals surface area contributed by atoms with Crippen molar-refractivity contribution in [1.29, 1.82) is 0 Å². The van der Waals surface area contributed by atoms with Gasteiger partial charge in [0.1, 0.15) is 13.2 Å². The van der Waals surface area contributed by atoms with Crippen LogP contribution in [0, 0.1) is 0 Å². The molecule has 0 saturated heterocycles. The summed E-state index contributed by atoms with van der Waals surface area (Å²) in [7, 11) is 0. The zero-order valence-electron chi connectivity index (χ0n) is 24.1. The zero-order valence-corrected chi connectivity index (χ0v) is 25.6. The summed E-state index contributed by atoms with van der Waals surface area (Å²) in [6.07, 6.45) is 0. The van der Waals surface area contributed by atoms with E-state index in [1.807, 2.05) is 0 Å². The number of benzene rings is 2. The van der Waals surface area contributed by atoms with Crippen LogP contribution in [0.2, 0.25) is 0 Å². The molecule has 45 heavy (non-hydrogen) atoms.